The lowest BCUT2D eigenvalue weighted by Crippen LogP contribution is -2.29. The van der Waals surface area contributed by atoms with Crippen molar-refractivity contribution >= 4 is 18.1 Å². The van der Waals surface area contributed by atoms with Crippen LogP contribution in [-0.2, 0) is 18.9 Å². The molecule has 10 nitrogen and oxygen atoms in total. The number of carbonyl (C=O) groups excluding carboxylic acids is 2. The van der Waals surface area contributed by atoms with E-state index >= 15 is 0 Å². The molecule has 1 aliphatic heterocycles. The first-order chi connectivity index (χ1) is 12.0. The predicted octanol–water partition coefficient (Wildman–Crippen LogP) is 1.66. The Morgan fingerprint density at radius 1 is 1.28 bits per heavy atom. The van der Waals surface area contributed by atoms with Crippen molar-refractivity contribution < 1.29 is 28.5 Å². The molecule has 138 valence electrons. The minimum Gasteiger partial charge on any atom is -0.450 e. The van der Waals surface area contributed by atoms with E-state index in [1.54, 1.807) is 13.8 Å². The lowest BCUT2D eigenvalue weighted by Gasteiger charge is -2.16. The van der Waals surface area contributed by atoms with Crippen LogP contribution in [-0.4, -0.2) is 47.7 Å². The van der Waals surface area contributed by atoms with E-state index in [2.05, 4.69) is 15.0 Å². The molecule has 1 aliphatic rings. The summed E-state index contributed by atoms with van der Waals surface area (Å²) in [5.74, 6) is 0.0971. The Morgan fingerprint density at radius 2 is 2.04 bits per heavy atom. The standard InChI is InChI=1S/C15H21N3O7/c1-3-22-14(20)17-11-7-8-18(13(19)16-11)12-6-5-10(25-12)9-24-15(21)23-4-2/h7-8,10,12H,3-6,9H2,1-2H3,(H,16,17,19,20)/t10-,12+/m0/s1. The second-order valence-electron chi connectivity index (χ2n) is 5.13. The number of hydrogen-bond acceptors (Lipinski definition) is 8. The third-order valence-corrected chi connectivity index (χ3v) is 3.38. The van der Waals surface area contributed by atoms with Crippen LogP contribution in [0.2, 0.25) is 0 Å². The zero-order valence-corrected chi connectivity index (χ0v) is 14.1. The summed E-state index contributed by atoms with van der Waals surface area (Å²) in [7, 11) is 0. The topological polar surface area (TPSA) is 118 Å². The number of nitrogens with zero attached hydrogens (tertiary/aromatic N) is 2. The number of rotatable bonds is 6. The van der Waals surface area contributed by atoms with Crippen LogP contribution >= 0.6 is 0 Å². The molecule has 0 bridgehead atoms. The number of carbonyl (C=O) groups is 2. The van der Waals surface area contributed by atoms with Crippen molar-refractivity contribution in [1.82, 2.24) is 9.55 Å². The molecule has 1 N–H and O–H groups in total. The first kappa shape index (κ1) is 18.7. The maximum atomic E-state index is 12.1. The first-order valence-electron chi connectivity index (χ1n) is 8.01. The molecule has 2 atom stereocenters. The molecule has 1 fully saturated rings. The molecule has 0 saturated carbocycles. The van der Waals surface area contributed by atoms with E-state index < -0.39 is 24.2 Å². The molecule has 2 heterocycles. The predicted molar refractivity (Wildman–Crippen MR) is 85.3 cm³/mol. The van der Waals surface area contributed by atoms with Gasteiger partial charge in [0.2, 0.25) is 0 Å². The van der Waals surface area contributed by atoms with Gasteiger partial charge in [-0.15, -0.1) is 0 Å². The van der Waals surface area contributed by atoms with Crippen molar-refractivity contribution in [3.05, 3.63) is 22.7 Å². The molecule has 2 rings (SSSR count). The fraction of sp³-hybridized carbons (Fsp3) is 0.600. The van der Waals surface area contributed by atoms with Crippen LogP contribution in [0.5, 0.6) is 0 Å². The van der Waals surface area contributed by atoms with Gasteiger partial charge in [0.05, 0.1) is 19.3 Å². The molecule has 0 aliphatic carbocycles. The maximum absolute atomic E-state index is 12.1. The largest absolute Gasteiger partial charge is 0.508 e. The van der Waals surface area contributed by atoms with Crippen molar-refractivity contribution in [3.63, 3.8) is 0 Å². The smallest absolute Gasteiger partial charge is 0.450 e. The Labute approximate surface area is 144 Å². The van der Waals surface area contributed by atoms with Crippen LogP contribution in [0.1, 0.15) is 32.9 Å². The van der Waals surface area contributed by atoms with E-state index in [9.17, 15) is 14.4 Å². The number of anilines is 1. The van der Waals surface area contributed by atoms with Crippen LogP contribution in [0, 0.1) is 0 Å². The van der Waals surface area contributed by atoms with Gasteiger partial charge in [0.1, 0.15) is 18.7 Å². The summed E-state index contributed by atoms with van der Waals surface area (Å²) >= 11 is 0. The minimum atomic E-state index is -0.747. The van der Waals surface area contributed by atoms with Gasteiger partial charge in [-0.05, 0) is 32.8 Å². The Bertz CT molecular complexity index is 661. The lowest BCUT2D eigenvalue weighted by molar-refractivity contribution is -0.0393. The third-order valence-electron chi connectivity index (χ3n) is 3.38. The highest BCUT2D eigenvalue weighted by Crippen LogP contribution is 2.27. The summed E-state index contributed by atoms with van der Waals surface area (Å²) in [4.78, 5) is 38.4. The van der Waals surface area contributed by atoms with Gasteiger partial charge in [0, 0.05) is 6.20 Å². The molecular formula is C15H21N3O7. The van der Waals surface area contributed by atoms with E-state index in [4.69, 9.17) is 14.2 Å². The van der Waals surface area contributed by atoms with Crippen LogP contribution in [0.15, 0.2) is 17.1 Å². The number of amides is 1. The van der Waals surface area contributed by atoms with E-state index in [1.807, 2.05) is 0 Å². The molecule has 25 heavy (non-hydrogen) atoms. The average molecular weight is 355 g/mol. The van der Waals surface area contributed by atoms with Gasteiger partial charge in [-0.25, -0.2) is 14.4 Å². The second-order valence-corrected chi connectivity index (χ2v) is 5.13. The molecule has 0 unspecified atom stereocenters. The molecule has 0 aromatic carbocycles. The molecule has 1 amide bonds. The van der Waals surface area contributed by atoms with Gasteiger partial charge in [-0.2, -0.15) is 4.98 Å². The van der Waals surface area contributed by atoms with E-state index in [0.717, 1.165) is 0 Å². The van der Waals surface area contributed by atoms with Gasteiger partial charge in [-0.1, -0.05) is 0 Å². The normalized spacial score (nSPS) is 19.3. The SMILES string of the molecule is CCOC(=O)Nc1ccn([C@H]2CC[C@@H](COC(=O)OCC)O2)c(=O)n1. The summed E-state index contributed by atoms with van der Waals surface area (Å²) in [5, 5.41) is 2.36. The van der Waals surface area contributed by atoms with E-state index in [0.29, 0.717) is 12.8 Å². The molecule has 1 aromatic rings. The van der Waals surface area contributed by atoms with Crippen molar-refractivity contribution in [2.75, 3.05) is 25.1 Å². The van der Waals surface area contributed by atoms with Crippen molar-refractivity contribution in [2.24, 2.45) is 0 Å². The minimum absolute atomic E-state index is 0.0556. The van der Waals surface area contributed by atoms with Crippen LogP contribution in [0.4, 0.5) is 15.4 Å². The zero-order valence-electron chi connectivity index (χ0n) is 14.1. The monoisotopic (exact) mass is 355 g/mol. The van der Waals surface area contributed by atoms with Gasteiger partial charge >= 0.3 is 17.9 Å². The molecular weight excluding hydrogens is 334 g/mol. The molecule has 1 aromatic heterocycles. The van der Waals surface area contributed by atoms with Crippen LogP contribution in [0.25, 0.3) is 0 Å². The van der Waals surface area contributed by atoms with Gasteiger partial charge in [-0.3, -0.25) is 9.88 Å². The molecule has 0 radical (unpaired) electrons. The molecule has 1 saturated heterocycles. The fourth-order valence-electron chi connectivity index (χ4n) is 2.31. The Kier molecular flexibility index (Phi) is 6.75. The van der Waals surface area contributed by atoms with Crippen molar-refractivity contribution in [3.8, 4) is 0 Å². The first-order valence-corrected chi connectivity index (χ1v) is 8.01. The van der Waals surface area contributed by atoms with E-state index in [-0.39, 0.29) is 31.7 Å². The van der Waals surface area contributed by atoms with Crippen molar-refractivity contribution in [1.29, 1.82) is 0 Å². The number of nitrogens with one attached hydrogen (secondary N) is 1. The average Bonchev–Trinajstić information content (AvgIpc) is 3.02. The number of ether oxygens (including phenoxy) is 4. The Balaban J connectivity index is 1.91. The summed E-state index contributed by atoms with van der Waals surface area (Å²) in [6.45, 7) is 3.86. The van der Waals surface area contributed by atoms with Crippen molar-refractivity contribution in [2.45, 2.75) is 39.0 Å². The van der Waals surface area contributed by atoms with Gasteiger partial charge in [0.15, 0.2) is 0 Å². The van der Waals surface area contributed by atoms with Crippen LogP contribution < -0.4 is 11.0 Å². The van der Waals surface area contributed by atoms with Crippen LogP contribution in [0.3, 0.4) is 0 Å². The summed E-state index contributed by atoms with van der Waals surface area (Å²) in [6, 6.07) is 1.48. The third kappa shape index (κ3) is 5.45. The quantitative estimate of drug-likeness (QED) is 0.766. The summed E-state index contributed by atoms with van der Waals surface area (Å²) in [5.41, 5.74) is -0.564. The second kappa shape index (κ2) is 9.02. The molecule has 0 spiro atoms. The summed E-state index contributed by atoms with van der Waals surface area (Å²) in [6.07, 6.45) is 0.424. The number of aromatic nitrogens is 2. The highest BCUT2D eigenvalue weighted by atomic mass is 16.7. The highest BCUT2D eigenvalue weighted by molar-refractivity contribution is 5.83. The Morgan fingerprint density at radius 3 is 2.72 bits per heavy atom. The molecule has 10 heteroatoms. The number of hydrogen-bond donors (Lipinski definition) is 1. The van der Waals surface area contributed by atoms with Gasteiger partial charge in [0.25, 0.3) is 0 Å². The summed E-state index contributed by atoms with van der Waals surface area (Å²) < 4.78 is 21.3. The zero-order chi connectivity index (χ0) is 18.2. The fourth-order valence-corrected chi connectivity index (χ4v) is 2.31. The van der Waals surface area contributed by atoms with Gasteiger partial charge < -0.3 is 18.9 Å². The lowest BCUT2D eigenvalue weighted by atomic mass is 10.2. The highest BCUT2D eigenvalue weighted by Gasteiger charge is 2.28. The Hall–Kier alpha value is -2.62. The van der Waals surface area contributed by atoms with E-state index in [1.165, 1.54) is 16.8 Å². The maximum Gasteiger partial charge on any atom is 0.508 e.